The zero-order valence-corrected chi connectivity index (χ0v) is 22.6. The first-order chi connectivity index (χ1) is 16.7. The molecule has 0 amide bonds. The lowest BCUT2D eigenvalue weighted by atomic mass is 9.63. The van der Waals surface area contributed by atoms with Crippen LogP contribution in [0.3, 0.4) is 0 Å². The highest BCUT2D eigenvalue weighted by molar-refractivity contribution is 5.65. The van der Waals surface area contributed by atoms with Crippen LogP contribution in [0.1, 0.15) is 84.3 Å². The van der Waals surface area contributed by atoms with Gasteiger partial charge in [-0.25, -0.2) is 4.98 Å². The molecule has 4 nitrogen and oxygen atoms in total. The van der Waals surface area contributed by atoms with E-state index in [1.54, 1.807) is 0 Å². The standard InChI is InChI=1S/C31H45N3O/c1-23(2)35-20-8-7-18-32-25-11-10-19-34(22-25)29-13-9-12-28(33-29)24-14-15-26-27(21-24)31(5,6)17-16-30(26,3)4/h9,12-15,21,25,32H,1,7-8,10-11,16-20,22H2,2-6H3. The van der Waals surface area contributed by atoms with E-state index in [2.05, 4.69) is 80.9 Å². The van der Waals surface area contributed by atoms with Crippen LogP contribution in [-0.4, -0.2) is 37.3 Å². The summed E-state index contributed by atoms with van der Waals surface area (Å²) in [7, 11) is 0. The van der Waals surface area contributed by atoms with Crippen molar-refractivity contribution in [1.29, 1.82) is 0 Å². The average Bonchev–Trinajstić information content (AvgIpc) is 2.84. The lowest BCUT2D eigenvalue weighted by Crippen LogP contribution is -2.46. The number of hydrogen-bond donors (Lipinski definition) is 1. The third-order valence-electron chi connectivity index (χ3n) is 7.98. The van der Waals surface area contributed by atoms with Gasteiger partial charge in [-0.2, -0.15) is 0 Å². The monoisotopic (exact) mass is 475 g/mol. The Labute approximate surface area is 213 Å². The summed E-state index contributed by atoms with van der Waals surface area (Å²) in [5, 5.41) is 3.76. The molecule has 1 aromatic carbocycles. The predicted octanol–water partition coefficient (Wildman–Crippen LogP) is 6.99. The summed E-state index contributed by atoms with van der Waals surface area (Å²) < 4.78 is 5.47. The zero-order chi connectivity index (χ0) is 25.1. The minimum absolute atomic E-state index is 0.209. The van der Waals surface area contributed by atoms with Crippen molar-refractivity contribution in [1.82, 2.24) is 10.3 Å². The normalized spacial score (nSPS) is 20.8. The number of piperidine rings is 1. The van der Waals surface area contributed by atoms with Crippen LogP contribution in [0, 0.1) is 0 Å². The van der Waals surface area contributed by atoms with Crippen LogP contribution < -0.4 is 10.2 Å². The van der Waals surface area contributed by atoms with Crippen molar-refractivity contribution in [2.45, 2.75) is 90.0 Å². The number of hydrogen-bond acceptors (Lipinski definition) is 4. The molecule has 2 aliphatic rings. The maximum atomic E-state index is 5.47. The maximum Gasteiger partial charge on any atom is 0.129 e. The van der Waals surface area contributed by atoms with Gasteiger partial charge in [0.2, 0.25) is 0 Å². The maximum absolute atomic E-state index is 5.47. The zero-order valence-electron chi connectivity index (χ0n) is 22.6. The van der Waals surface area contributed by atoms with Crippen LogP contribution >= 0.6 is 0 Å². The topological polar surface area (TPSA) is 37.4 Å². The molecule has 1 atom stereocenters. The highest BCUT2D eigenvalue weighted by Crippen LogP contribution is 2.46. The van der Waals surface area contributed by atoms with Crippen molar-refractivity contribution in [3.63, 3.8) is 0 Å². The van der Waals surface area contributed by atoms with E-state index in [0.717, 1.165) is 56.4 Å². The van der Waals surface area contributed by atoms with Crippen molar-refractivity contribution < 1.29 is 4.74 Å². The number of fused-ring (bicyclic) bond motifs is 1. The first kappa shape index (κ1) is 25.8. The lowest BCUT2D eigenvalue weighted by molar-refractivity contribution is 0.208. The summed E-state index contributed by atoms with van der Waals surface area (Å²) in [5.74, 6) is 1.90. The molecule has 1 aromatic heterocycles. The molecule has 2 aromatic rings. The molecule has 1 aliphatic carbocycles. The van der Waals surface area contributed by atoms with Gasteiger partial charge in [-0.1, -0.05) is 52.5 Å². The van der Waals surface area contributed by atoms with Gasteiger partial charge >= 0.3 is 0 Å². The number of rotatable bonds is 9. The van der Waals surface area contributed by atoms with Crippen molar-refractivity contribution >= 4 is 5.82 Å². The van der Waals surface area contributed by atoms with Crippen molar-refractivity contribution in [3.05, 3.63) is 59.9 Å². The predicted molar refractivity (Wildman–Crippen MR) is 148 cm³/mol. The molecule has 1 saturated heterocycles. The molecular formula is C31H45N3O. The van der Waals surface area contributed by atoms with Crippen molar-refractivity contribution in [3.8, 4) is 11.3 Å². The second-order valence-electron chi connectivity index (χ2n) is 11.9. The van der Waals surface area contributed by atoms with E-state index in [0.29, 0.717) is 6.04 Å². The van der Waals surface area contributed by atoms with Crippen molar-refractivity contribution in [2.24, 2.45) is 0 Å². The summed E-state index contributed by atoms with van der Waals surface area (Å²) in [6.07, 6.45) is 7.09. The molecule has 35 heavy (non-hydrogen) atoms. The number of benzene rings is 1. The van der Waals surface area contributed by atoms with E-state index < -0.39 is 0 Å². The van der Waals surface area contributed by atoms with E-state index in [-0.39, 0.29) is 10.8 Å². The fourth-order valence-corrected chi connectivity index (χ4v) is 5.64. The van der Waals surface area contributed by atoms with Gasteiger partial charge in [0.05, 0.1) is 18.1 Å². The Kier molecular flexibility index (Phi) is 7.90. The van der Waals surface area contributed by atoms with E-state index >= 15 is 0 Å². The fourth-order valence-electron chi connectivity index (χ4n) is 5.64. The van der Waals surface area contributed by atoms with Crippen LogP contribution in [0.2, 0.25) is 0 Å². The van der Waals surface area contributed by atoms with E-state index in [9.17, 15) is 0 Å². The summed E-state index contributed by atoms with van der Waals surface area (Å²) in [5.41, 5.74) is 5.77. The Hall–Kier alpha value is -2.33. The van der Waals surface area contributed by atoms with Crippen molar-refractivity contribution in [2.75, 3.05) is 31.1 Å². The smallest absolute Gasteiger partial charge is 0.129 e. The van der Waals surface area contributed by atoms with Gasteiger partial charge in [0.25, 0.3) is 0 Å². The Bertz CT molecular complexity index is 1030. The van der Waals surface area contributed by atoms with Crippen LogP contribution in [0.5, 0.6) is 0 Å². The Morgan fingerprint density at radius 3 is 2.63 bits per heavy atom. The first-order valence-corrected chi connectivity index (χ1v) is 13.5. The number of nitrogens with zero attached hydrogens (tertiary/aromatic N) is 2. The van der Waals surface area contributed by atoms with Crippen LogP contribution in [0.15, 0.2) is 48.7 Å². The third kappa shape index (κ3) is 6.27. The molecule has 0 bridgehead atoms. The summed E-state index contributed by atoms with van der Waals surface area (Å²) >= 11 is 0. The lowest BCUT2D eigenvalue weighted by Gasteiger charge is -2.42. The molecule has 1 unspecified atom stereocenters. The molecule has 4 heteroatoms. The molecular weight excluding hydrogens is 430 g/mol. The average molecular weight is 476 g/mol. The van der Waals surface area contributed by atoms with E-state index in [1.807, 2.05) is 6.92 Å². The Morgan fingerprint density at radius 1 is 1.09 bits per heavy atom. The third-order valence-corrected chi connectivity index (χ3v) is 7.98. The summed E-state index contributed by atoms with van der Waals surface area (Å²) in [6, 6.07) is 14.1. The number of unbranched alkanes of at least 4 members (excludes halogenated alkanes) is 1. The van der Waals surface area contributed by atoms with Gasteiger partial charge < -0.3 is 15.0 Å². The SMILES string of the molecule is C=C(C)OCCCCNC1CCCN(c2cccc(-c3ccc4c(c3)C(C)(C)CCC4(C)C)n2)C1. The molecule has 1 N–H and O–H groups in total. The Balaban J connectivity index is 1.42. The largest absolute Gasteiger partial charge is 0.499 e. The molecule has 190 valence electrons. The number of nitrogens with one attached hydrogen (secondary N) is 1. The van der Waals surface area contributed by atoms with Gasteiger partial charge in [-0.15, -0.1) is 0 Å². The van der Waals surface area contributed by atoms with Gasteiger partial charge in [0.15, 0.2) is 0 Å². The quantitative estimate of drug-likeness (QED) is 0.313. The number of aromatic nitrogens is 1. The number of anilines is 1. The molecule has 2 heterocycles. The van der Waals surface area contributed by atoms with Gasteiger partial charge in [0, 0.05) is 24.7 Å². The van der Waals surface area contributed by atoms with E-state index in [4.69, 9.17) is 9.72 Å². The highest BCUT2D eigenvalue weighted by Gasteiger charge is 2.37. The second-order valence-corrected chi connectivity index (χ2v) is 11.9. The van der Waals surface area contributed by atoms with Gasteiger partial charge in [-0.3, -0.25) is 0 Å². The first-order valence-electron chi connectivity index (χ1n) is 13.5. The fraction of sp³-hybridized carbons (Fsp3) is 0.581. The van der Waals surface area contributed by atoms with Gasteiger partial charge in [0.1, 0.15) is 5.82 Å². The molecule has 0 radical (unpaired) electrons. The van der Waals surface area contributed by atoms with Crippen LogP contribution in [0.4, 0.5) is 5.82 Å². The molecule has 0 saturated carbocycles. The number of allylic oxidation sites excluding steroid dienone is 1. The van der Waals surface area contributed by atoms with Crippen LogP contribution in [-0.2, 0) is 15.6 Å². The molecule has 1 aliphatic heterocycles. The minimum Gasteiger partial charge on any atom is -0.499 e. The minimum atomic E-state index is 0.209. The van der Waals surface area contributed by atoms with Gasteiger partial charge in [-0.05, 0) is 92.1 Å². The van der Waals surface area contributed by atoms with Crippen LogP contribution in [0.25, 0.3) is 11.3 Å². The molecule has 1 fully saturated rings. The molecule has 0 spiro atoms. The number of pyridine rings is 1. The highest BCUT2D eigenvalue weighted by atomic mass is 16.5. The van der Waals surface area contributed by atoms with E-state index in [1.165, 1.54) is 42.4 Å². The summed E-state index contributed by atoms with van der Waals surface area (Å²) in [4.78, 5) is 7.60. The second kappa shape index (κ2) is 10.7. The molecule has 4 rings (SSSR count). The Morgan fingerprint density at radius 2 is 1.86 bits per heavy atom. The summed E-state index contributed by atoms with van der Waals surface area (Å²) in [6.45, 7) is 19.1. The number of ether oxygens (including phenoxy) is 1.